The van der Waals surface area contributed by atoms with Crippen molar-refractivity contribution in [1.29, 1.82) is 0 Å². The molecule has 0 aliphatic rings. The minimum Gasteiger partial charge on any atom is -0.339 e. The lowest BCUT2D eigenvalue weighted by atomic mass is 10.3. The lowest BCUT2D eigenvalue weighted by Gasteiger charge is -2.01. The standard InChI is InChI=1S/C12H8BrF3N2O2S/c13-7-3-1-2-4-8(7)21-6-10-17-11(20-18-10)5-9(19)12(14,15)16/h1-4H,5-6H2. The molecule has 0 atom stereocenters. The summed E-state index contributed by atoms with van der Waals surface area (Å²) < 4.78 is 41.9. The second-order valence-corrected chi connectivity index (χ2v) is 5.79. The molecule has 0 aliphatic carbocycles. The lowest BCUT2D eigenvalue weighted by Crippen LogP contribution is -2.24. The highest BCUT2D eigenvalue weighted by atomic mass is 79.9. The van der Waals surface area contributed by atoms with Crippen LogP contribution in [0.15, 0.2) is 38.2 Å². The number of hydrogen-bond acceptors (Lipinski definition) is 5. The van der Waals surface area contributed by atoms with Gasteiger partial charge in [-0.25, -0.2) is 0 Å². The summed E-state index contributed by atoms with van der Waals surface area (Å²) in [5.41, 5.74) is 0. The fraction of sp³-hybridized carbons (Fsp3) is 0.250. The molecule has 0 fully saturated rings. The number of Topliss-reactive ketones (excluding diaryl/α,β-unsaturated/α-hetero) is 1. The van der Waals surface area contributed by atoms with Crippen LogP contribution in [-0.4, -0.2) is 22.1 Å². The third-order valence-corrected chi connectivity index (χ3v) is 4.36. The number of carbonyl (C=O) groups excluding carboxylic acids is 1. The van der Waals surface area contributed by atoms with Gasteiger partial charge in [-0.2, -0.15) is 18.2 Å². The van der Waals surface area contributed by atoms with Crippen molar-refractivity contribution in [1.82, 2.24) is 10.1 Å². The van der Waals surface area contributed by atoms with E-state index >= 15 is 0 Å². The van der Waals surface area contributed by atoms with Gasteiger partial charge in [0.05, 0.1) is 12.2 Å². The quantitative estimate of drug-likeness (QED) is 0.738. The molecule has 0 unspecified atom stereocenters. The van der Waals surface area contributed by atoms with Crippen LogP contribution in [0.3, 0.4) is 0 Å². The molecule has 1 heterocycles. The van der Waals surface area contributed by atoms with Gasteiger partial charge in [-0.15, -0.1) is 11.8 Å². The van der Waals surface area contributed by atoms with Crippen LogP contribution in [-0.2, 0) is 17.0 Å². The number of alkyl halides is 3. The first-order chi connectivity index (χ1) is 9.86. The van der Waals surface area contributed by atoms with Crippen LogP contribution in [0.4, 0.5) is 13.2 Å². The molecule has 4 nitrogen and oxygen atoms in total. The van der Waals surface area contributed by atoms with Crippen LogP contribution < -0.4 is 0 Å². The van der Waals surface area contributed by atoms with Crippen molar-refractivity contribution in [3.05, 3.63) is 40.5 Å². The molecule has 0 amide bonds. The van der Waals surface area contributed by atoms with Crippen LogP contribution >= 0.6 is 27.7 Å². The van der Waals surface area contributed by atoms with E-state index in [9.17, 15) is 18.0 Å². The van der Waals surface area contributed by atoms with Gasteiger partial charge >= 0.3 is 6.18 Å². The Morgan fingerprint density at radius 2 is 2.05 bits per heavy atom. The average molecular weight is 381 g/mol. The Morgan fingerprint density at radius 1 is 1.33 bits per heavy atom. The minimum atomic E-state index is -4.89. The number of rotatable bonds is 5. The largest absolute Gasteiger partial charge is 0.450 e. The Morgan fingerprint density at radius 3 is 2.71 bits per heavy atom. The third-order valence-electron chi connectivity index (χ3n) is 2.33. The zero-order valence-electron chi connectivity index (χ0n) is 10.4. The van der Waals surface area contributed by atoms with Crippen LogP contribution in [0.25, 0.3) is 0 Å². The Balaban J connectivity index is 1.95. The molecule has 0 aliphatic heterocycles. The first kappa shape index (κ1) is 16.0. The second kappa shape index (κ2) is 6.61. The summed E-state index contributed by atoms with van der Waals surface area (Å²) in [6, 6.07) is 7.47. The van der Waals surface area contributed by atoms with Gasteiger partial charge in [-0.3, -0.25) is 4.79 Å². The van der Waals surface area contributed by atoms with E-state index in [4.69, 9.17) is 0 Å². The number of benzene rings is 1. The Bertz CT molecular complexity index is 645. The van der Waals surface area contributed by atoms with Gasteiger partial charge < -0.3 is 4.52 Å². The lowest BCUT2D eigenvalue weighted by molar-refractivity contribution is -0.170. The third kappa shape index (κ3) is 4.57. The molecule has 0 saturated heterocycles. The van der Waals surface area contributed by atoms with Gasteiger partial charge in [-0.05, 0) is 28.1 Å². The molecule has 0 radical (unpaired) electrons. The smallest absolute Gasteiger partial charge is 0.339 e. The Labute approximate surface area is 130 Å². The molecule has 2 aromatic rings. The molecule has 112 valence electrons. The van der Waals surface area contributed by atoms with E-state index in [0.29, 0.717) is 5.75 Å². The predicted octanol–water partition coefficient (Wildman–Crippen LogP) is 3.80. The summed E-state index contributed by atoms with van der Waals surface area (Å²) in [4.78, 5) is 15.5. The molecule has 1 aromatic heterocycles. The Hall–Kier alpha value is -1.35. The zero-order chi connectivity index (χ0) is 15.5. The van der Waals surface area contributed by atoms with Crippen LogP contribution in [0.2, 0.25) is 0 Å². The van der Waals surface area contributed by atoms with E-state index < -0.39 is 18.4 Å². The maximum absolute atomic E-state index is 12.1. The molecule has 0 bridgehead atoms. The summed E-state index contributed by atoms with van der Waals surface area (Å²) in [6.45, 7) is 0. The maximum Gasteiger partial charge on any atom is 0.450 e. The van der Waals surface area contributed by atoms with Gasteiger partial charge in [0.15, 0.2) is 5.82 Å². The number of carbonyl (C=O) groups is 1. The minimum absolute atomic E-state index is 0.237. The maximum atomic E-state index is 12.1. The highest BCUT2D eigenvalue weighted by Gasteiger charge is 2.39. The fourth-order valence-electron chi connectivity index (χ4n) is 1.36. The predicted molar refractivity (Wildman–Crippen MR) is 72.8 cm³/mol. The van der Waals surface area contributed by atoms with Crippen LogP contribution in [0.1, 0.15) is 11.7 Å². The van der Waals surface area contributed by atoms with E-state index in [0.717, 1.165) is 9.37 Å². The molecule has 9 heteroatoms. The van der Waals surface area contributed by atoms with E-state index in [2.05, 4.69) is 30.6 Å². The van der Waals surface area contributed by atoms with Crippen molar-refractivity contribution >= 4 is 33.5 Å². The summed E-state index contributed by atoms with van der Waals surface area (Å²) in [5.74, 6) is -1.68. The summed E-state index contributed by atoms with van der Waals surface area (Å²) in [7, 11) is 0. The highest BCUT2D eigenvalue weighted by Crippen LogP contribution is 2.29. The molecule has 0 spiro atoms. The van der Waals surface area contributed by atoms with Gasteiger partial charge in [0.2, 0.25) is 11.7 Å². The molecular formula is C12H8BrF3N2O2S. The molecule has 0 saturated carbocycles. The summed E-state index contributed by atoms with van der Waals surface area (Å²) in [5, 5.41) is 3.55. The first-order valence-corrected chi connectivity index (χ1v) is 7.43. The number of hydrogen-bond donors (Lipinski definition) is 0. The first-order valence-electron chi connectivity index (χ1n) is 5.65. The number of ketones is 1. The van der Waals surface area contributed by atoms with Crippen molar-refractivity contribution in [2.45, 2.75) is 23.2 Å². The van der Waals surface area contributed by atoms with Crippen molar-refractivity contribution in [3.8, 4) is 0 Å². The number of halogens is 4. The zero-order valence-corrected chi connectivity index (χ0v) is 12.8. The monoisotopic (exact) mass is 380 g/mol. The van der Waals surface area contributed by atoms with Crippen molar-refractivity contribution in [2.24, 2.45) is 0 Å². The molecule has 21 heavy (non-hydrogen) atoms. The van der Waals surface area contributed by atoms with Crippen molar-refractivity contribution in [2.75, 3.05) is 0 Å². The van der Waals surface area contributed by atoms with Crippen molar-refractivity contribution in [3.63, 3.8) is 0 Å². The van der Waals surface area contributed by atoms with E-state index in [-0.39, 0.29) is 11.7 Å². The van der Waals surface area contributed by atoms with Gasteiger partial charge in [0, 0.05) is 9.37 Å². The SMILES string of the molecule is O=C(Cc1nc(CSc2ccccc2Br)no1)C(F)(F)F. The summed E-state index contributed by atoms with van der Waals surface area (Å²) >= 11 is 4.77. The number of nitrogens with zero attached hydrogens (tertiary/aromatic N) is 2. The highest BCUT2D eigenvalue weighted by molar-refractivity contribution is 9.10. The topological polar surface area (TPSA) is 56.0 Å². The van der Waals surface area contributed by atoms with Gasteiger partial charge in [0.1, 0.15) is 0 Å². The van der Waals surface area contributed by atoms with E-state index in [1.165, 1.54) is 11.8 Å². The normalized spacial score (nSPS) is 11.6. The molecule has 2 rings (SSSR count). The van der Waals surface area contributed by atoms with E-state index in [1.807, 2.05) is 24.3 Å². The molecule has 0 N–H and O–H groups in total. The second-order valence-electron chi connectivity index (χ2n) is 3.92. The Kier molecular flexibility index (Phi) is 5.04. The average Bonchev–Trinajstić information content (AvgIpc) is 2.84. The van der Waals surface area contributed by atoms with Crippen LogP contribution in [0, 0.1) is 0 Å². The van der Waals surface area contributed by atoms with Gasteiger partial charge in [-0.1, -0.05) is 17.3 Å². The van der Waals surface area contributed by atoms with Crippen molar-refractivity contribution < 1.29 is 22.5 Å². The van der Waals surface area contributed by atoms with E-state index in [1.54, 1.807) is 0 Å². The fourth-order valence-corrected chi connectivity index (χ4v) is 2.77. The molecule has 1 aromatic carbocycles. The van der Waals surface area contributed by atoms with Crippen LogP contribution in [0.5, 0.6) is 0 Å². The summed E-state index contributed by atoms with van der Waals surface area (Å²) in [6.07, 6.45) is -5.82. The number of thioether (sulfide) groups is 1. The number of aromatic nitrogens is 2. The molecular weight excluding hydrogens is 373 g/mol. The van der Waals surface area contributed by atoms with Gasteiger partial charge in [0.25, 0.3) is 0 Å².